The van der Waals surface area contributed by atoms with Crippen LogP contribution in [0.4, 0.5) is 0 Å². The molecule has 2 N–H and O–H groups in total. The molecule has 0 saturated heterocycles. The average Bonchev–Trinajstić information content (AvgIpc) is 3.97. The second-order valence-corrected chi connectivity index (χ2v) is 14.4. The van der Waals surface area contributed by atoms with E-state index >= 15 is 0 Å². The van der Waals surface area contributed by atoms with Gasteiger partial charge in [-0.15, -0.1) is 0 Å². The number of aromatic amines is 2. The first-order valence-electron chi connectivity index (χ1n) is 18.6. The van der Waals surface area contributed by atoms with Gasteiger partial charge in [0.05, 0.1) is 41.1 Å². The number of rotatable bonds is 9. The lowest BCUT2D eigenvalue weighted by atomic mass is 10.0. The smallest absolute Gasteiger partial charge is 0.119 e. The highest BCUT2D eigenvalue weighted by atomic mass is 16.5. The summed E-state index contributed by atoms with van der Waals surface area (Å²) in [6.45, 7) is 12.2. The molecule has 2 aliphatic heterocycles. The molecule has 0 aliphatic carbocycles. The molecule has 0 radical (unpaired) electrons. The van der Waals surface area contributed by atoms with Crippen molar-refractivity contribution in [3.05, 3.63) is 126 Å². The van der Waals surface area contributed by atoms with Crippen molar-refractivity contribution >= 4 is 46.4 Å². The van der Waals surface area contributed by atoms with Gasteiger partial charge >= 0.3 is 0 Å². The van der Waals surface area contributed by atoms with E-state index in [0.717, 1.165) is 95.5 Å². The van der Waals surface area contributed by atoms with Crippen LogP contribution in [0.15, 0.2) is 103 Å². The van der Waals surface area contributed by atoms with Crippen molar-refractivity contribution in [1.29, 1.82) is 0 Å². The Kier molecular flexibility index (Phi) is 9.38. The van der Waals surface area contributed by atoms with Gasteiger partial charge in [-0.05, 0) is 149 Å². The summed E-state index contributed by atoms with van der Waals surface area (Å²) in [5, 5.41) is 0. The highest BCUT2D eigenvalue weighted by Gasteiger charge is 2.17. The average molecular weight is 713 g/mol. The molecule has 0 atom stereocenters. The van der Waals surface area contributed by atoms with E-state index in [0.29, 0.717) is 0 Å². The summed E-state index contributed by atoms with van der Waals surface area (Å²) in [4.78, 5) is 18.0. The standard InChI is InChI=1S/C47H44N4O3/c1-28(2)52-36-15-7-31(8-16-36)45-39-21-13-34(48-39)27-35-14-22-40(49-35)46(32-9-17-37(18-10-32)53-29(3)4)42-24-26-44(51-42)47(43-25-23-41(45)50-43)33-11-19-38(20-12-33)54-30(5)6/h7-30,48,51H,1-6H3. The van der Waals surface area contributed by atoms with E-state index in [-0.39, 0.29) is 18.3 Å². The zero-order valence-electron chi connectivity index (χ0n) is 31.5. The van der Waals surface area contributed by atoms with E-state index in [2.05, 4.69) is 101 Å². The molecule has 0 unspecified atom stereocenters. The van der Waals surface area contributed by atoms with Gasteiger partial charge < -0.3 is 24.2 Å². The van der Waals surface area contributed by atoms with Gasteiger partial charge in [0.2, 0.25) is 0 Å². The van der Waals surface area contributed by atoms with E-state index in [4.69, 9.17) is 24.2 Å². The fourth-order valence-corrected chi connectivity index (χ4v) is 6.97. The predicted octanol–water partition coefficient (Wildman–Crippen LogP) is 12.0. The first kappa shape index (κ1) is 34.7. The first-order chi connectivity index (χ1) is 26.2. The lowest BCUT2D eigenvalue weighted by Gasteiger charge is -2.11. The van der Waals surface area contributed by atoms with Crippen molar-refractivity contribution in [2.45, 2.75) is 59.9 Å². The van der Waals surface area contributed by atoms with Gasteiger partial charge in [0.15, 0.2) is 0 Å². The van der Waals surface area contributed by atoms with Gasteiger partial charge in [0.25, 0.3) is 0 Å². The molecule has 3 aromatic heterocycles. The largest absolute Gasteiger partial charge is 0.491 e. The summed E-state index contributed by atoms with van der Waals surface area (Å²) in [6, 6.07) is 35.3. The Balaban J connectivity index is 1.42. The molecule has 8 bridgehead atoms. The Labute approximate surface area is 316 Å². The molecule has 6 aromatic rings. The molecular formula is C47H44N4O3. The van der Waals surface area contributed by atoms with Crippen LogP contribution in [-0.4, -0.2) is 38.2 Å². The van der Waals surface area contributed by atoms with Gasteiger partial charge in [-0.2, -0.15) is 0 Å². The summed E-state index contributed by atoms with van der Waals surface area (Å²) in [5.41, 5.74) is 13.3. The molecule has 7 nitrogen and oxygen atoms in total. The highest BCUT2D eigenvalue weighted by molar-refractivity contribution is 5.97. The fraction of sp³-hybridized carbons (Fsp3) is 0.191. The Bertz CT molecular complexity index is 2490. The third-order valence-corrected chi connectivity index (χ3v) is 9.12. The zero-order chi connectivity index (χ0) is 37.3. The van der Waals surface area contributed by atoms with E-state index in [9.17, 15) is 0 Å². The molecule has 0 spiro atoms. The summed E-state index contributed by atoms with van der Waals surface area (Å²) >= 11 is 0. The Morgan fingerprint density at radius 2 is 0.778 bits per heavy atom. The van der Waals surface area contributed by atoms with Crippen LogP contribution in [0, 0.1) is 0 Å². The Hall–Kier alpha value is -6.34. The van der Waals surface area contributed by atoms with Crippen LogP contribution in [0.3, 0.4) is 0 Å². The topological polar surface area (TPSA) is 85.1 Å². The van der Waals surface area contributed by atoms with E-state index in [1.807, 2.05) is 77.9 Å². The lowest BCUT2D eigenvalue weighted by molar-refractivity contribution is 0.242. The Morgan fingerprint density at radius 3 is 1.20 bits per heavy atom. The lowest BCUT2D eigenvalue weighted by Crippen LogP contribution is -2.05. The van der Waals surface area contributed by atoms with Crippen LogP contribution in [0.25, 0.3) is 79.8 Å². The van der Waals surface area contributed by atoms with Crippen molar-refractivity contribution in [3.8, 4) is 50.6 Å². The number of fused-ring (bicyclic) bond motifs is 8. The van der Waals surface area contributed by atoms with Crippen LogP contribution >= 0.6 is 0 Å². The van der Waals surface area contributed by atoms with Crippen LogP contribution < -0.4 is 14.2 Å². The van der Waals surface area contributed by atoms with Crippen molar-refractivity contribution in [2.75, 3.05) is 0 Å². The SMILES string of the molecule is CC(C)Oc1ccc(-c2c3nc(c(-c4ccc(OC(C)C)cc4)c4ccc([nH]4)c(-c4ccc(OC(C)C)cc4)c4nc(cc5ccc2[nH]5)C=C4)C=C3)cc1. The molecule has 5 heterocycles. The molecule has 270 valence electrons. The van der Waals surface area contributed by atoms with Crippen molar-refractivity contribution in [2.24, 2.45) is 0 Å². The molecule has 0 saturated carbocycles. The number of aromatic nitrogens is 4. The zero-order valence-corrected chi connectivity index (χ0v) is 31.5. The number of nitrogens with zero attached hydrogens (tertiary/aromatic N) is 2. The van der Waals surface area contributed by atoms with E-state index in [1.54, 1.807) is 0 Å². The van der Waals surface area contributed by atoms with Gasteiger partial charge in [-0.1, -0.05) is 36.4 Å². The number of hydrogen-bond acceptors (Lipinski definition) is 5. The maximum atomic E-state index is 6.02. The molecule has 7 heteroatoms. The summed E-state index contributed by atoms with van der Waals surface area (Å²) in [6.07, 6.45) is 8.62. The van der Waals surface area contributed by atoms with Crippen LogP contribution in [0.5, 0.6) is 17.2 Å². The van der Waals surface area contributed by atoms with Crippen LogP contribution in [0.1, 0.15) is 64.3 Å². The van der Waals surface area contributed by atoms with Gasteiger partial charge in [0, 0.05) is 38.8 Å². The van der Waals surface area contributed by atoms with Crippen LogP contribution in [-0.2, 0) is 0 Å². The van der Waals surface area contributed by atoms with E-state index in [1.165, 1.54) is 0 Å². The number of ether oxygens (including phenoxy) is 3. The summed E-state index contributed by atoms with van der Waals surface area (Å²) in [5.74, 6) is 2.48. The first-order valence-corrected chi connectivity index (χ1v) is 18.6. The van der Waals surface area contributed by atoms with Crippen LogP contribution in [0.2, 0.25) is 0 Å². The third-order valence-electron chi connectivity index (χ3n) is 9.12. The van der Waals surface area contributed by atoms with Crippen molar-refractivity contribution in [1.82, 2.24) is 19.9 Å². The monoisotopic (exact) mass is 712 g/mol. The Morgan fingerprint density at radius 1 is 0.407 bits per heavy atom. The number of nitrogens with one attached hydrogen (secondary N) is 2. The second kappa shape index (κ2) is 14.6. The highest BCUT2D eigenvalue weighted by Crippen LogP contribution is 2.37. The molecule has 54 heavy (non-hydrogen) atoms. The van der Waals surface area contributed by atoms with Crippen molar-refractivity contribution in [3.63, 3.8) is 0 Å². The maximum absolute atomic E-state index is 6.02. The molecule has 0 fully saturated rings. The summed E-state index contributed by atoms with van der Waals surface area (Å²) in [7, 11) is 0. The quantitative estimate of drug-likeness (QED) is 0.156. The van der Waals surface area contributed by atoms with Gasteiger partial charge in [-0.3, -0.25) is 0 Å². The van der Waals surface area contributed by atoms with E-state index < -0.39 is 0 Å². The molecule has 0 amide bonds. The number of benzene rings is 3. The normalized spacial score (nSPS) is 12.2. The van der Waals surface area contributed by atoms with Crippen molar-refractivity contribution < 1.29 is 14.2 Å². The molecule has 2 aliphatic rings. The molecular weight excluding hydrogens is 669 g/mol. The minimum atomic E-state index is 0.0766. The minimum absolute atomic E-state index is 0.0766. The number of hydrogen-bond donors (Lipinski definition) is 2. The summed E-state index contributed by atoms with van der Waals surface area (Å²) < 4.78 is 18.0. The number of H-pyrrole nitrogens is 2. The fourth-order valence-electron chi connectivity index (χ4n) is 6.97. The minimum Gasteiger partial charge on any atom is -0.491 e. The van der Waals surface area contributed by atoms with Gasteiger partial charge in [0.1, 0.15) is 17.2 Å². The predicted molar refractivity (Wildman–Crippen MR) is 222 cm³/mol. The third kappa shape index (κ3) is 7.30. The molecule has 8 rings (SSSR count). The molecule has 3 aromatic carbocycles. The maximum Gasteiger partial charge on any atom is 0.119 e. The van der Waals surface area contributed by atoms with Gasteiger partial charge in [-0.25, -0.2) is 9.97 Å². The second-order valence-electron chi connectivity index (χ2n) is 14.4.